The molecule has 4 atom stereocenters. The minimum Gasteiger partial charge on any atom is -0.507 e. The van der Waals surface area contributed by atoms with Crippen LogP contribution in [0.2, 0.25) is 0 Å². The average molecular weight is 507 g/mol. The number of anilines is 1. The third-order valence-electron chi connectivity index (χ3n) is 5.80. The first-order chi connectivity index (χ1) is 16.7. The Kier molecular flexibility index (Phi) is 6.02. The molecule has 1 aliphatic heterocycles. The number of fused-ring (bicyclic) bond motifs is 1. The third kappa shape index (κ3) is 4.76. The number of amides is 1. The molecule has 1 saturated heterocycles. The highest BCUT2D eigenvalue weighted by molar-refractivity contribution is 7.88. The highest BCUT2D eigenvalue weighted by Gasteiger charge is 2.47. The summed E-state index contributed by atoms with van der Waals surface area (Å²) in [7, 11) is -4.37. The standard InChI is InChI=1S/C20H23N7O7S/c28-12-4-2-1-3-11(12)19(31)26-35(32,33)24-7-13-15(29)16(30)20(34-13)27-9-23-14-17(25-10-5-6-10)21-8-22-18(14)27/h1-4,8-10,13,15-16,20,24,29-30H,5-7H2,(H3,21,22,25,26,28,31)/p+1/t13-,15-,16-,20-/m1/s1. The van der Waals surface area contributed by atoms with Crippen LogP contribution in [-0.4, -0.2) is 75.5 Å². The molecule has 1 saturated carbocycles. The lowest BCUT2D eigenvalue weighted by atomic mass is 10.1. The number of ether oxygens (including phenoxy) is 1. The van der Waals surface area contributed by atoms with Crippen LogP contribution in [0, 0.1) is 0 Å². The fourth-order valence-corrected chi connectivity index (χ4v) is 4.63. The number of phenols is 1. The molecule has 0 bridgehead atoms. The van der Waals surface area contributed by atoms with E-state index in [-0.39, 0.29) is 11.3 Å². The van der Waals surface area contributed by atoms with Gasteiger partial charge in [0.25, 0.3) is 5.91 Å². The molecule has 0 unspecified atom stereocenters. The zero-order valence-electron chi connectivity index (χ0n) is 18.2. The number of carbonyl (C=O) groups excluding carboxylic acids is 1. The van der Waals surface area contributed by atoms with Gasteiger partial charge in [0.1, 0.15) is 24.1 Å². The second-order valence-corrected chi connectivity index (χ2v) is 9.87. The molecule has 14 nitrogen and oxygen atoms in total. The Morgan fingerprint density at radius 2 is 1.97 bits per heavy atom. The number of para-hydroxylation sites is 1. The van der Waals surface area contributed by atoms with Crippen LogP contribution in [0.25, 0.3) is 11.2 Å². The zero-order valence-corrected chi connectivity index (χ0v) is 19.0. The summed E-state index contributed by atoms with van der Waals surface area (Å²) in [6.07, 6.45) is -0.0200. The number of benzene rings is 1. The Morgan fingerprint density at radius 1 is 1.20 bits per heavy atom. The lowest BCUT2D eigenvalue weighted by molar-refractivity contribution is -0.745. The summed E-state index contributed by atoms with van der Waals surface area (Å²) in [6.45, 7) is -0.440. The van der Waals surface area contributed by atoms with E-state index in [1.54, 1.807) is 4.72 Å². The van der Waals surface area contributed by atoms with Crippen molar-refractivity contribution in [2.75, 3.05) is 11.9 Å². The molecule has 1 amide bonds. The van der Waals surface area contributed by atoms with E-state index in [1.807, 2.05) is 0 Å². The van der Waals surface area contributed by atoms with Crippen molar-refractivity contribution < 1.29 is 37.8 Å². The van der Waals surface area contributed by atoms with Crippen LogP contribution in [0.1, 0.15) is 29.4 Å². The van der Waals surface area contributed by atoms with Gasteiger partial charge in [-0.25, -0.2) is 9.29 Å². The van der Waals surface area contributed by atoms with E-state index in [2.05, 4.69) is 25.0 Å². The lowest BCUT2D eigenvalue weighted by Gasteiger charge is -2.15. The van der Waals surface area contributed by atoms with Crippen LogP contribution in [0.5, 0.6) is 5.75 Å². The molecule has 2 aromatic heterocycles. The van der Waals surface area contributed by atoms with Crippen LogP contribution in [0.3, 0.4) is 0 Å². The van der Waals surface area contributed by atoms with Gasteiger partial charge >= 0.3 is 15.9 Å². The minimum absolute atomic E-state index is 0.223. The van der Waals surface area contributed by atoms with E-state index in [4.69, 9.17) is 4.74 Å². The van der Waals surface area contributed by atoms with E-state index in [9.17, 15) is 28.5 Å². The maximum atomic E-state index is 12.3. The molecule has 5 rings (SSSR count). The Labute approximate surface area is 199 Å². The minimum atomic E-state index is -4.37. The van der Waals surface area contributed by atoms with E-state index < -0.39 is 47.2 Å². The van der Waals surface area contributed by atoms with Crippen molar-refractivity contribution in [1.29, 1.82) is 0 Å². The van der Waals surface area contributed by atoms with Gasteiger partial charge in [-0.3, -0.25) is 9.78 Å². The van der Waals surface area contributed by atoms with Crippen molar-refractivity contribution in [3.8, 4) is 5.75 Å². The Balaban J connectivity index is 1.26. The first-order valence-electron chi connectivity index (χ1n) is 10.8. The fourth-order valence-electron chi connectivity index (χ4n) is 3.82. The Morgan fingerprint density at radius 3 is 2.71 bits per heavy atom. The number of aromatic nitrogens is 4. The van der Waals surface area contributed by atoms with Gasteiger partial charge in [-0.2, -0.15) is 18.1 Å². The maximum absolute atomic E-state index is 12.3. The molecule has 1 aliphatic carbocycles. The van der Waals surface area contributed by atoms with Crippen LogP contribution >= 0.6 is 0 Å². The van der Waals surface area contributed by atoms with Gasteiger partial charge < -0.3 is 25.4 Å². The second-order valence-electron chi connectivity index (χ2n) is 8.37. The smallest absolute Gasteiger partial charge is 0.309 e. The van der Waals surface area contributed by atoms with Crippen molar-refractivity contribution in [1.82, 2.24) is 24.4 Å². The predicted octanol–water partition coefficient (Wildman–Crippen LogP) is -1.59. The Hall–Kier alpha value is -3.37. The van der Waals surface area contributed by atoms with Crippen molar-refractivity contribution in [2.45, 2.75) is 43.4 Å². The van der Waals surface area contributed by atoms with Gasteiger partial charge in [-0.05, 0) is 25.0 Å². The van der Waals surface area contributed by atoms with E-state index >= 15 is 0 Å². The number of hydrogen-bond donors (Lipinski definition) is 7. The molecular weight excluding hydrogens is 482 g/mol. The van der Waals surface area contributed by atoms with E-state index in [0.717, 1.165) is 12.8 Å². The molecule has 35 heavy (non-hydrogen) atoms. The summed E-state index contributed by atoms with van der Waals surface area (Å²) in [6, 6.07) is 5.82. The maximum Gasteiger partial charge on any atom is 0.309 e. The summed E-state index contributed by atoms with van der Waals surface area (Å²) < 4.78 is 35.8. The average Bonchev–Trinajstić information content (AvgIpc) is 3.46. The van der Waals surface area contributed by atoms with E-state index in [1.165, 1.54) is 41.5 Å². The molecule has 0 radical (unpaired) electrons. The molecule has 1 aromatic carbocycles. The van der Waals surface area contributed by atoms with Crippen LogP contribution in [-0.2, 0) is 14.9 Å². The van der Waals surface area contributed by atoms with E-state index in [0.29, 0.717) is 23.0 Å². The number of hydrogen-bond acceptors (Lipinski definition) is 10. The van der Waals surface area contributed by atoms with Crippen LogP contribution in [0.15, 0.2) is 36.9 Å². The number of nitrogens with zero attached hydrogens (tertiary/aromatic N) is 3. The molecule has 2 fully saturated rings. The number of nitrogens with one attached hydrogen (secondary N) is 4. The molecule has 0 spiro atoms. The van der Waals surface area contributed by atoms with Crippen molar-refractivity contribution >= 4 is 33.1 Å². The predicted molar refractivity (Wildman–Crippen MR) is 119 cm³/mol. The number of imidazole rings is 1. The largest absolute Gasteiger partial charge is 0.507 e. The number of carbonyl (C=O) groups is 1. The third-order valence-corrected chi connectivity index (χ3v) is 6.80. The van der Waals surface area contributed by atoms with Crippen LogP contribution in [0.4, 0.5) is 5.82 Å². The quantitative estimate of drug-likeness (QED) is 0.175. The van der Waals surface area contributed by atoms with Gasteiger partial charge in [-0.1, -0.05) is 17.1 Å². The highest BCUT2D eigenvalue weighted by atomic mass is 32.2. The van der Waals surface area contributed by atoms with Gasteiger partial charge in [0.2, 0.25) is 11.7 Å². The van der Waals surface area contributed by atoms with Gasteiger partial charge in [0, 0.05) is 12.6 Å². The number of rotatable bonds is 8. The zero-order chi connectivity index (χ0) is 24.7. The first kappa shape index (κ1) is 23.4. The first-order valence-corrected chi connectivity index (χ1v) is 12.3. The number of aliphatic hydroxyl groups excluding tert-OH is 2. The molecule has 2 aliphatic rings. The summed E-state index contributed by atoms with van der Waals surface area (Å²) in [5.74, 6) is -0.810. The van der Waals surface area contributed by atoms with Gasteiger partial charge in [0.05, 0.1) is 5.56 Å². The lowest BCUT2D eigenvalue weighted by Crippen LogP contribution is -2.46. The summed E-state index contributed by atoms with van der Waals surface area (Å²) in [4.78, 5) is 23.7. The second kappa shape index (κ2) is 9.01. The molecule has 3 aromatic rings. The fraction of sp³-hybridized carbons (Fsp3) is 0.400. The van der Waals surface area contributed by atoms with Crippen LogP contribution < -0.4 is 19.3 Å². The molecule has 7 N–H and O–H groups in total. The normalized spacial score (nSPS) is 24.5. The molecule has 15 heteroatoms. The van der Waals surface area contributed by atoms with Crippen molar-refractivity contribution in [3.63, 3.8) is 0 Å². The molecule has 3 heterocycles. The summed E-state index contributed by atoms with van der Waals surface area (Å²) >= 11 is 0. The number of aromatic amines is 1. The van der Waals surface area contributed by atoms with Crippen molar-refractivity contribution in [3.05, 3.63) is 42.5 Å². The van der Waals surface area contributed by atoms with Gasteiger partial charge in [-0.15, -0.1) is 0 Å². The van der Waals surface area contributed by atoms with Crippen molar-refractivity contribution in [2.24, 2.45) is 0 Å². The SMILES string of the molecule is O=C(NS(=O)(=O)NC[C@H]1O[C@@H]([n+]2c[nH]c3c(NC4CC4)ncnc32)[C@H](O)[C@@H]1O)c1ccccc1O. The topological polar surface area (TPSA) is 203 Å². The summed E-state index contributed by atoms with van der Waals surface area (Å²) in [5.41, 5.74) is 0.801. The van der Waals surface area contributed by atoms with Gasteiger partial charge in [0.15, 0.2) is 18.5 Å². The monoisotopic (exact) mass is 506 g/mol. The highest BCUT2D eigenvalue weighted by Crippen LogP contribution is 2.29. The summed E-state index contributed by atoms with van der Waals surface area (Å²) in [5, 5.41) is 34.1. The number of H-pyrrole nitrogens is 1. The molecule has 186 valence electrons. The Bertz CT molecular complexity index is 1360. The molecular formula is C20H24N7O7S+. The number of phenolic OH excluding ortho intramolecular Hbond substituents is 1. The number of aliphatic hydroxyl groups is 2. The number of aromatic hydroxyl groups is 1.